The fraction of sp³-hybridized carbons (Fsp3) is 0.350. The standard InChI is InChI=1S/C20H23N5O2/c1-13-9-14(2)18-16(10-13)17(26)11-15(23-18)12-24-5-7-25(8-6-24)19-20(27)22-4-3-21-19/h3-4,9-11H,5-8,12H2,1-2H3,(H,22,27)(H,23,26). The van der Waals surface area contributed by atoms with Crippen molar-refractivity contribution in [2.24, 2.45) is 0 Å². The molecule has 1 aliphatic heterocycles. The van der Waals surface area contributed by atoms with Crippen LogP contribution in [-0.4, -0.2) is 46.0 Å². The van der Waals surface area contributed by atoms with Gasteiger partial charge in [-0.25, -0.2) is 4.98 Å². The van der Waals surface area contributed by atoms with E-state index in [0.29, 0.717) is 12.4 Å². The average molecular weight is 365 g/mol. The summed E-state index contributed by atoms with van der Waals surface area (Å²) in [6.45, 7) is 7.80. The van der Waals surface area contributed by atoms with Crippen LogP contribution in [-0.2, 0) is 6.54 Å². The molecule has 0 radical (unpaired) electrons. The molecule has 27 heavy (non-hydrogen) atoms. The SMILES string of the molecule is Cc1cc(C)c2[nH]c(CN3CCN(c4ncc[nH]c4=O)CC3)cc(=O)c2c1. The summed E-state index contributed by atoms with van der Waals surface area (Å²) < 4.78 is 0. The molecule has 4 rings (SSSR count). The number of hydrogen-bond acceptors (Lipinski definition) is 5. The highest BCUT2D eigenvalue weighted by Crippen LogP contribution is 2.17. The summed E-state index contributed by atoms with van der Waals surface area (Å²) in [5.74, 6) is 0.474. The molecule has 0 atom stereocenters. The van der Waals surface area contributed by atoms with Crippen LogP contribution in [0.2, 0.25) is 0 Å². The lowest BCUT2D eigenvalue weighted by molar-refractivity contribution is 0.246. The minimum Gasteiger partial charge on any atom is -0.357 e. The van der Waals surface area contributed by atoms with E-state index < -0.39 is 0 Å². The highest BCUT2D eigenvalue weighted by molar-refractivity contribution is 5.82. The van der Waals surface area contributed by atoms with Gasteiger partial charge in [-0.3, -0.25) is 14.5 Å². The summed E-state index contributed by atoms with van der Waals surface area (Å²) in [5, 5.41) is 0.746. The maximum Gasteiger partial charge on any atom is 0.290 e. The lowest BCUT2D eigenvalue weighted by Gasteiger charge is -2.34. The van der Waals surface area contributed by atoms with Gasteiger partial charge in [0.2, 0.25) is 0 Å². The number of rotatable bonds is 3. The molecule has 7 nitrogen and oxygen atoms in total. The summed E-state index contributed by atoms with van der Waals surface area (Å²) >= 11 is 0. The fourth-order valence-corrected chi connectivity index (χ4v) is 3.77. The minimum absolute atomic E-state index is 0.0594. The first-order valence-electron chi connectivity index (χ1n) is 9.15. The third-order valence-electron chi connectivity index (χ3n) is 5.09. The van der Waals surface area contributed by atoms with Crippen molar-refractivity contribution < 1.29 is 0 Å². The molecule has 2 N–H and O–H groups in total. The van der Waals surface area contributed by atoms with Crippen LogP contribution in [0, 0.1) is 13.8 Å². The molecule has 1 aromatic carbocycles. The number of H-pyrrole nitrogens is 2. The van der Waals surface area contributed by atoms with Gasteiger partial charge in [0.1, 0.15) is 0 Å². The van der Waals surface area contributed by atoms with Crippen LogP contribution < -0.4 is 15.9 Å². The first-order chi connectivity index (χ1) is 13.0. The quantitative estimate of drug-likeness (QED) is 0.736. The summed E-state index contributed by atoms with van der Waals surface area (Å²) in [6.07, 6.45) is 3.15. The molecule has 3 heterocycles. The van der Waals surface area contributed by atoms with E-state index in [0.717, 1.165) is 53.9 Å². The van der Waals surface area contributed by atoms with E-state index in [1.54, 1.807) is 18.5 Å². The van der Waals surface area contributed by atoms with Crippen molar-refractivity contribution >= 4 is 16.7 Å². The highest BCUT2D eigenvalue weighted by Gasteiger charge is 2.20. The molecule has 2 aromatic heterocycles. The number of aromatic amines is 2. The Morgan fingerprint density at radius 2 is 1.85 bits per heavy atom. The number of nitrogens with zero attached hydrogens (tertiary/aromatic N) is 3. The average Bonchev–Trinajstić information content (AvgIpc) is 2.64. The third-order valence-corrected chi connectivity index (χ3v) is 5.09. The zero-order chi connectivity index (χ0) is 19.0. The second kappa shape index (κ2) is 7.00. The molecule has 7 heteroatoms. The van der Waals surface area contributed by atoms with E-state index >= 15 is 0 Å². The molecule has 0 saturated carbocycles. The molecule has 0 amide bonds. The molecular formula is C20H23N5O2. The van der Waals surface area contributed by atoms with Gasteiger partial charge in [-0.1, -0.05) is 6.07 Å². The van der Waals surface area contributed by atoms with Crippen LogP contribution in [0.4, 0.5) is 5.82 Å². The largest absolute Gasteiger partial charge is 0.357 e. The Hall–Kier alpha value is -2.93. The molecule has 1 saturated heterocycles. The maximum atomic E-state index is 12.5. The zero-order valence-electron chi connectivity index (χ0n) is 15.6. The van der Waals surface area contributed by atoms with Gasteiger partial charge in [0.05, 0.1) is 5.52 Å². The van der Waals surface area contributed by atoms with E-state index in [2.05, 4.69) is 25.9 Å². The molecule has 0 spiro atoms. The number of nitrogens with one attached hydrogen (secondary N) is 2. The van der Waals surface area contributed by atoms with Crippen molar-refractivity contribution in [1.29, 1.82) is 0 Å². The Morgan fingerprint density at radius 1 is 1.07 bits per heavy atom. The molecule has 3 aromatic rings. The Morgan fingerprint density at radius 3 is 2.59 bits per heavy atom. The van der Waals surface area contributed by atoms with E-state index in [-0.39, 0.29) is 11.0 Å². The second-order valence-corrected chi connectivity index (χ2v) is 7.17. The van der Waals surface area contributed by atoms with E-state index in [1.807, 2.05) is 24.8 Å². The van der Waals surface area contributed by atoms with Gasteiger partial charge in [0, 0.05) is 62.3 Å². The van der Waals surface area contributed by atoms with E-state index in [4.69, 9.17) is 0 Å². The van der Waals surface area contributed by atoms with Crippen LogP contribution in [0.3, 0.4) is 0 Å². The number of aryl methyl sites for hydroxylation is 2. The van der Waals surface area contributed by atoms with Gasteiger partial charge >= 0.3 is 0 Å². The van der Waals surface area contributed by atoms with Crippen LogP contribution in [0.1, 0.15) is 16.8 Å². The topological polar surface area (TPSA) is 85.1 Å². The summed E-state index contributed by atoms with van der Waals surface area (Å²) in [7, 11) is 0. The number of anilines is 1. The molecule has 1 fully saturated rings. The maximum absolute atomic E-state index is 12.5. The highest BCUT2D eigenvalue weighted by atomic mass is 16.1. The monoisotopic (exact) mass is 365 g/mol. The Kier molecular flexibility index (Phi) is 4.53. The molecular weight excluding hydrogens is 342 g/mol. The van der Waals surface area contributed by atoms with Gasteiger partial charge < -0.3 is 14.9 Å². The predicted octanol–water partition coefficient (Wildman–Crippen LogP) is 1.55. The van der Waals surface area contributed by atoms with Gasteiger partial charge in [0.25, 0.3) is 5.56 Å². The smallest absolute Gasteiger partial charge is 0.290 e. The van der Waals surface area contributed by atoms with Gasteiger partial charge in [-0.2, -0.15) is 0 Å². The number of benzene rings is 1. The number of pyridine rings is 1. The molecule has 0 unspecified atom stereocenters. The first-order valence-corrected chi connectivity index (χ1v) is 9.15. The second-order valence-electron chi connectivity index (χ2n) is 7.17. The Labute approximate surface area is 156 Å². The van der Waals surface area contributed by atoms with Crippen LogP contribution in [0.5, 0.6) is 0 Å². The van der Waals surface area contributed by atoms with Crippen molar-refractivity contribution in [3.63, 3.8) is 0 Å². The van der Waals surface area contributed by atoms with Gasteiger partial charge in [-0.15, -0.1) is 0 Å². The van der Waals surface area contributed by atoms with Crippen LogP contribution in [0.25, 0.3) is 10.9 Å². The summed E-state index contributed by atoms with van der Waals surface area (Å²) in [4.78, 5) is 39.0. The summed E-state index contributed by atoms with van der Waals surface area (Å²) in [6, 6.07) is 5.73. The lowest BCUT2D eigenvalue weighted by Crippen LogP contribution is -2.47. The van der Waals surface area contributed by atoms with Crippen molar-refractivity contribution in [1.82, 2.24) is 19.9 Å². The lowest BCUT2D eigenvalue weighted by atomic mass is 10.1. The minimum atomic E-state index is -0.157. The van der Waals surface area contributed by atoms with Crippen LogP contribution >= 0.6 is 0 Å². The summed E-state index contributed by atoms with van der Waals surface area (Å²) in [5.41, 5.74) is 3.92. The Bertz CT molecular complexity index is 1090. The van der Waals surface area contributed by atoms with Crippen molar-refractivity contribution in [3.8, 4) is 0 Å². The zero-order valence-corrected chi connectivity index (χ0v) is 15.6. The van der Waals surface area contributed by atoms with Crippen molar-refractivity contribution in [2.45, 2.75) is 20.4 Å². The molecule has 1 aliphatic rings. The van der Waals surface area contributed by atoms with Gasteiger partial charge in [-0.05, 0) is 31.0 Å². The number of piperazine rings is 1. The Balaban J connectivity index is 1.50. The third kappa shape index (κ3) is 3.50. The number of aromatic nitrogens is 3. The fourth-order valence-electron chi connectivity index (χ4n) is 3.77. The predicted molar refractivity (Wildman–Crippen MR) is 106 cm³/mol. The number of hydrogen-bond donors (Lipinski definition) is 2. The normalized spacial score (nSPS) is 15.4. The van der Waals surface area contributed by atoms with Crippen LogP contribution in [0.15, 0.2) is 40.2 Å². The molecule has 140 valence electrons. The first kappa shape index (κ1) is 17.5. The van der Waals surface area contributed by atoms with Gasteiger partial charge in [0.15, 0.2) is 11.2 Å². The van der Waals surface area contributed by atoms with E-state index in [9.17, 15) is 9.59 Å². The van der Waals surface area contributed by atoms with E-state index in [1.165, 1.54) is 0 Å². The molecule has 0 bridgehead atoms. The number of fused-ring (bicyclic) bond motifs is 1. The van der Waals surface area contributed by atoms with Crippen molar-refractivity contribution in [2.75, 3.05) is 31.1 Å². The van der Waals surface area contributed by atoms with Crippen molar-refractivity contribution in [3.05, 3.63) is 68.0 Å². The molecule has 0 aliphatic carbocycles.